The summed E-state index contributed by atoms with van der Waals surface area (Å²) in [4.78, 5) is 4.50. The van der Waals surface area contributed by atoms with E-state index in [4.69, 9.17) is 5.73 Å². The van der Waals surface area contributed by atoms with Crippen LogP contribution < -0.4 is 11.1 Å². The standard InChI is InChI=1S/C15H29N3/c16-15(18-14-9-5-2-6-10-14)17-12-11-13-7-3-1-4-8-13/h13-14H,1-12H2,(H3,16,17,18). The van der Waals surface area contributed by atoms with Gasteiger partial charge in [-0.3, -0.25) is 4.99 Å². The lowest BCUT2D eigenvalue weighted by atomic mass is 9.87. The van der Waals surface area contributed by atoms with E-state index in [1.54, 1.807) is 0 Å². The largest absolute Gasteiger partial charge is 0.370 e. The minimum Gasteiger partial charge on any atom is -0.370 e. The second-order valence-electron chi connectivity index (χ2n) is 6.04. The van der Waals surface area contributed by atoms with Gasteiger partial charge in [0.05, 0.1) is 0 Å². The summed E-state index contributed by atoms with van der Waals surface area (Å²) in [6.45, 7) is 0.913. The number of nitrogens with one attached hydrogen (secondary N) is 1. The van der Waals surface area contributed by atoms with Crippen LogP contribution in [0.1, 0.15) is 70.6 Å². The maximum absolute atomic E-state index is 5.96. The van der Waals surface area contributed by atoms with Crippen molar-refractivity contribution >= 4 is 5.96 Å². The molecule has 0 atom stereocenters. The van der Waals surface area contributed by atoms with E-state index in [2.05, 4.69) is 10.3 Å². The molecule has 2 saturated carbocycles. The smallest absolute Gasteiger partial charge is 0.188 e. The van der Waals surface area contributed by atoms with Crippen molar-refractivity contribution in [2.45, 2.75) is 76.7 Å². The van der Waals surface area contributed by atoms with Crippen LogP contribution in [0.15, 0.2) is 4.99 Å². The maximum Gasteiger partial charge on any atom is 0.188 e. The lowest BCUT2D eigenvalue weighted by Gasteiger charge is -2.23. The first-order chi connectivity index (χ1) is 8.84. The molecule has 0 radical (unpaired) electrons. The quantitative estimate of drug-likeness (QED) is 0.595. The first kappa shape index (κ1) is 13.7. The summed E-state index contributed by atoms with van der Waals surface area (Å²) < 4.78 is 0. The lowest BCUT2D eigenvalue weighted by Crippen LogP contribution is -2.41. The molecule has 0 aromatic heterocycles. The lowest BCUT2D eigenvalue weighted by molar-refractivity contribution is 0.343. The van der Waals surface area contributed by atoms with E-state index in [9.17, 15) is 0 Å². The molecule has 3 N–H and O–H groups in total. The van der Waals surface area contributed by atoms with Crippen LogP contribution in [0.5, 0.6) is 0 Å². The molecule has 3 nitrogen and oxygen atoms in total. The minimum atomic E-state index is 0.581. The Bertz CT molecular complexity index is 250. The van der Waals surface area contributed by atoms with E-state index < -0.39 is 0 Å². The van der Waals surface area contributed by atoms with Crippen molar-refractivity contribution in [1.82, 2.24) is 5.32 Å². The normalized spacial score (nSPS) is 24.1. The predicted molar refractivity (Wildman–Crippen MR) is 77.7 cm³/mol. The van der Waals surface area contributed by atoms with Crippen LogP contribution in [-0.2, 0) is 0 Å². The average molecular weight is 251 g/mol. The number of nitrogens with zero attached hydrogens (tertiary/aromatic N) is 1. The molecule has 2 aliphatic rings. The zero-order valence-electron chi connectivity index (χ0n) is 11.7. The molecular formula is C15H29N3. The Kier molecular flexibility index (Phi) is 5.82. The number of hydrogen-bond acceptors (Lipinski definition) is 1. The first-order valence-corrected chi connectivity index (χ1v) is 7.91. The van der Waals surface area contributed by atoms with E-state index in [-0.39, 0.29) is 0 Å². The average Bonchev–Trinajstić information content (AvgIpc) is 2.41. The van der Waals surface area contributed by atoms with E-state index in [0.717, 1.165) is 12.5 Å². The molecule has 2 rings (SSSR count). The summed E-state index contributed by atoms with van der Waals surface area (Å²) in [5.41, 5.74) is 5.96. The monoisotopic (exact) mass is 251 g/mol. The van der Waals surface area contributed by atoms with Crippen molar-refractivity contribution in [3.63, 3.8) is 0 Å². The van der Waals surface area contributed by atoms with Crippen molar-refractivity contribution in [1.29, 1.82) is 0 Å². The summed E-state index contributed by atoms with van der Waals surface area (Å²) in [5, 5.41) is 3.38. The summed E-state index contributed by atoms with van der Waals surface area (Å²) >= 11 is 0. The van der Waals surface area contributed by atoms with Crippen molar-refractivity contribution in [3.8, 4) is 0 Å². The van der Waals surface area contributed by atoms with Crippen LogP contribution >= 0.6 is 0 Å². The number of guanidine groups is 1. The topological polar surface area (TPSA) is 50.4 Å². The zero-order valence-corrected chi connectivity index (χ0v) is 11.7. The number of nitrogens with two attached hydrogens (primary N) is 1. The molecule has 104 valence electrons. The van der Waals surface area contributed by atoms with Gasteiger partial charge in [-0.2, -0.15) is 0 Å². The third kappa shape index (κ3) is 4.87. The van der Waals surface area contributed by atoms with Crippen molar-refractivity contribution < 1.29 is 0 Å². The van der Waals surface area contributed by atoms with Gasteiger partial charge in [-0.1, -0.05) is 51.4 Å². The Balaban J connectivity index is 1.61. The van der Waals surface area contributed by atoms with Crippen LogP contribution in [-0.4, -0.2) is 18.5 Å². The van der Waals surface area contributed by atoms with E-state index in [1.165, 1.54) is 70.6 Å². The van der Waals surface area contributed by atoms with E-state index >= 15 is 0 Å². The van der Waals surface area contributed by atoms with Gasteiger partial charge in [-0.25, -0.2) is 0 Å². The fourth-order valence-corrected chi connectivity index (χ4v) is 3.35. The molecule has 0 bridgehead atoms. The molecular weight excluding hydrogens is 222 g/mol. The third-order valence-electron chi connectivity index (χ3n) is 4.50. The van der Waals surface area contributed by atoms with Crippen LogP contribution in [0.3, 0.4) is 0 Å². The predicted octanol–water partition coefficient (Wildman–Crippen LogP) is 3.19. The first-order valence-electron chi connectivity index (χ1n) is 7.91. The fraction of sp³-hybridized carbons (Fsp3) is 0.933. The highest BCUT2D eigenvalue weighted by Crippen LogP contribution is 2.26. The van der Waals surface area contributed by atoms with E-state index in [1.807, 2.05) is 0 Å². The van der Waals surface area contributed by atoms with Gasteiger partial charge in [-0.05, 0) is 25.2 Å². The van der Waals surface area contributed by atoms with Crippen molar-refractivity contribution in [2.24, 2.45) is 16.6 Å². The van der Waals surface area contributed by atoms with Gasteiger partial charge in [-0.15, -0.1) is 0 Å². The maximum atomic E-state index is 5.96. The number of hydrogen-bond donors (Lipinski definition) is 2. The van der Waals surface area contributed by atoms with E-state index in [0.29, 0.717) is 12.0 Å². The van der Waals surface area contributed by atoms with Crippen molar-refractivity contribution in [2.75, 3.05) is 6.54 Å². The van der Waals surface area contributed by atoms with Crippen LogP contribution in [0.25, 0.3) is 0 Å². The molecule has 0 aliphatic heterocycles. The van der Waals surface area contributed by atoms with Gasteiger partial charge in [0.15, 0.2) is 5.96 Å². The molecule has 0 heterocycles. The SMILES string of the molecule is NC(=NCCC1CCCCC1)NC1CCCCC1. The Hall–Kier alpha value is -0.730. The molecule has 18 heavy (non-hydrogen) atoms. The van der Waals surface area contributed by atoms with Gasteiger partial charge in [0.25, 0.3) is 0 Å². The highest BCUT2D eigenvalue weighted by Gasteiger charge is 2.14. The van der Waals surface area contributed by atoms with Crippen molar-refractivity contribution in [3.05, 3.63) is 0 Å². The summed E-state index contributed by atoms with van der Waals surface area (Å²) in [6.07, 6.45) is 14.9. The van der Waals surface area contributed by atoms with Gasteiger partial charge in [0, 0.05) is 12.6 Å². The van der Waals surface area contributed by atoms with Crippen LogP contribution in [0, 0.1) is 5.92 Å². The third-order valence-corrected chi connectivity index (χ3v) is 4.50. The summed E-state index contributed by atoms with van der Waals surface area (Å²) in [5.74, 6) is 1.59. The van der Waals surface area contributed by atoms with Crippen LogP contribution in [0.4, 0.5) is 0 Å². The second kappa shape index (κ2) is 7.65. The summed E-state index contributed by atoms with van der Waals surface area (Å²) in [6, 6.07) is 0.581. The van der Waals surface area contributed by atoms with Gasteiger partial charge >= 0.3 is 0 Å². The molecule has 0 aromatic rings. The highest BCUT2D eigenvalue weighted by atomic mass is 15.1. The van der Waals surface area contributed by atoms with Gasteiger partial charge < -0.3 is 11.1 Å². The zero-order chi connectivity index (χ0) is 12.6. The van der Waals surface area contributed by atoms with Gasteiger partial charge in [0.2, 0.25) is 0 Å². The Morgan fingerprint density at radius 2 is 1.56 bits per heavy atom. The Morgan fingerprint density at radius 1 is 0.944 bits per heavy atom. The van der Waals surface area contributed by atoms with Gasteiger partial charge in [0.1, 0.15) is 0 Å². The molecule has 2 aliphatic carbocycles. The molecule has 2 fully saturated rings. The Morgan fingerprint density at radius 3 is 2.22 bits per heavy atom. The van der Waals surface area contributed by atoms with Crippen LogP contribution in [0.2, 0.25) is 0 Å². The second-order valence-corrected chi connectivity index (χ2v) is 6.04. The highest BCUT2D eigenvalue weighted by molar-refractivity contribution is 5.78. The molecule has 0 saturated heterocycles. The molecule has 0 spiro atoms. The molecule has 0 amide bonds. The number of aliphatic imine (C=N–C) groups is 1. The molecule has 0 unspecified atom stereocenters. The Labute approximate surface area is 112 Å². The number of rotatable bonds is 4. The molecule has 3 heteroatoms. The fourth-order valence-electron chi connectivity index (χ4n) is 3.35. The summed E-state index contributed by atoms with van der Waals surface area (Å²) in [7, 11) is 0. The molecule has 0 aromatic carbocycles. The minimum absolute atomic E-state index is 0.581.